The van der Waals surface area contributed by atoms with Crippen LogP contribution in [-0.2, 0) is 11.3 Å². The van der Waals surface area contributed by atoms with Crippen molar-refractivity contribution in [1.82, 2.24) is 0 Å². The highest BCUT2D eigenvalue weighted by Gasteiger charge is 2.06. The Morgan fingerprint density at radius 3 is 2.56 bits per heavy atom. The van der Waals surface area contributed by atoms with Crippen LogP contribution in [0.3, 0.4) is 0 Å². The van der Waals surface area contributed by atoms with Crippen LogP contribution in [0.4, 0.5) is 0 Å². The third kappa shape index (κ3) is 4.31. The molecule has 16 heavy (non-hydrogen) atoms. The summed E-state index contributed by atoms with van der Waals surface area (Å²) in [5, 5.41) is 9.83. The summed E-state index contributed by atoms with van der Waals surface area (Å²) in [5.74, 6) is 0. The monoisotopic (exact) mass is 223 g/mol. The molecular weight excluding hydrogens is 202 g/mol. The Morgan fingerprint density at radius 1 is 1.31 bits per heavy atom. The van der Waals surface area contributed by atoms with E-state index in [1.54, 1.807) is 0 Å². The van der Waals surface area contributed by atoms with E-state index in [1.165, 1.54) is 0 Å². The zero-order chi connectivity index (χ0) is 11.8. The quantitative estimate of drug-likeness (QED) is 0.695. The molecule has 0 heterocycles. The molecule has 1 rings (SSSR count). The predicted octanol–water partition coefficient (Wildman–Crippen LogP) is 2.00. The van der Waals surface area contributed by atoms with Crippen LogP contribution in [0.1, 0.15) is 37.0 Å². The molecule has 3 heteroatoms. The van der Waals surface area contributed by atoms with Crippen molar-refractivity contribution < 1.29 is 9.84 Å². The van der Waals surface area contributed by atoms with Crippen LogP contribution < -0.4 is 5.73 Å². The van der Waals surface area contributed by atoms with Crippen molar-refractivity contribution in [1.29, 1.82) is 0 Å². The minimum Gasteiger partial charge on any atom is -0.386 e. The van der Waals surface area contributed by atoms with Crippen LogP contribution in [0, 0.1) is 0 Å². The highest BCUT2D eigenvalue weighted by atomic mass is 16.5. The number of ether oxygens (including phenoxy) is 1. The lowest BCUT2D eigenvalue weighted by Crippen LogP contribution is -2.08. The second kappa shape index (κ2) is 7.39. The normalized spacial score (nSPS) is 12.7. The number of unbranched alkanes of at least 4 members (excludes halogenated alkanes) is 1. The molecule has 0 bridgehead atoms. The van der Waals surface area contributed by atoms with Gasteiger partial charge < -0.3 is 15.6 Å². The Kier molecular flexibility index (Phi) is 6.08. The van der Waals surface area contributed by atoms with E-state index in [-0.39, 0.29) is 0 Å². The molecule has 1 aromatic carbocycles. The Labute approximate surface area is 97.2 Å². The van der Waals surface area contributed by atoms with Crippen molar-refractivity contribution in [3.8, 4) is 0 Å². The molecule has 90 valence electrons. The van der Waals surface area contributed by atoms with Crippen molar-refractivity contribution in [3.05, 3.63) is 35.4 Å². The van der Waals surface area contributed by atoms with Crippen molar-refractivity contribution in [2.24, 2.45) is 5.73 Å². The number of nitrogens with two attached hydrogens (primary N) is 1. The minimum atomic E-state index is -0.538. The smallest absolute Gasteiger partial charge is 0.102 e. The van der Waals surface area contributed by atoms with Gasteiger partial charge in [-0.25, -0.2) is 0 Å². The van der Waals surface area contributed by atoms with E-state index < -0.39 is 6.10 Å². The average Bonchev–Trinajstić information content (AvgIpc) is 2.34. The molecule has 0 aromatic heterocycles. The van der Waals surface area contributed by atoms with E-state index in [9.17, 15) is 5.11 Å². The van der Waals surface area contributed by atoms with Crippen molar-refractivity contribution in [2.45, 2.75) is 32.4 Å². The summed E-state index contributed by atoms with van der Waals surface area (Å²) in [6.45, 7) is 3.73. The molecule has 3 nitrogen and oxygen atoms in total. The third-order valence-electron chi connectivity index (χ3n) is 2.52. The topological polar surface area (TPSA) is 55.5 Å². The fraction of sp³-hybridized carbons (Fsp3) is 0.538. The first-order valence-corrected chi connectivity index (χ1v) is 5.82. The molecule has 1 unspecified atom stereocenters. The van der Waals surface area contributed by atoms with Crippen molar-refractivity contribution >= 4 is 0 Å². The lowest BCUT2D eigenvalue weighted by molar-refractivity contribution is 0.0349. The first kappa shape index (κ1) is 13.2. The van der Waals surface area contributed by atoms with E-state index in [1.807, 2.05) is 24.3 Å². The number of aliphatic hydroxyl groups excluding tert-OH is 1. The Bertz CT molecular complexity index is 284. The van der Waals surface area contributed by atoms with Gasteiger partial charge >= 0.3 is 0 Å². The Hall–Kier alpha value is -0.900. The van der Waals surface area contributed by atoms with Gasteiger partial charge in [0.2, 0.25) is 0 Å². The lowest BCUT2D eigenvalue weighted by atomic mass is 10.1. The van der Waals surface area contributed by atoms with Crippen LogP contribution >= 0.6 is 0 Å². The van der Waals surface area contributed by atoms with E-state index in [0.717, 1.165) is 24.0 Å². The van der Waals surface area contributed by atoms with Crippen LogP contribution in [0.2, 0.25) is 0 Å². The summed E-state index contributed by atoms with van der Waals surface area (Å²) in [4.78, 5) is 0. The van der Waals surface area contributed by atoms with Gasteiger partial charge in [0.05, 0.1) is 6.61 Å². The summed E-state index contributed by atoms with van der Waals surface area (Å²) >= 11 is 0. The minimum absolute atomic E-state index is 0.363. The molecule has 0 fully saturated rings. The van der Waals surface area contributed by atoms with Gasteiger partial charge in [-0.3, -0.25) is 0 Å². The van der Waals surface area contributed by atoms with Gasteiger partial charge in [-0.05, 0) is 17.5 Å². The fourth-order valence-corrected chi connectivity index (χ4v) is 1.41. The summed E-state index contributed by atoms with van der Waals surface area (Å²) in [5.41, 5.74) is 7.46. The Balaban J connectivity index is 2.37. The van der Waals surface area contributed by atoms with Gasteiger partial charge in [-0.2, -0.15) is 0 Å². The molecule has 0 aliphatic rings. The Morgan fingerprint density at radius 2 is 2.00 bits per heavy atom. The van der Waals surface area contributed by atoms with E-state index in [2.05, 4.69) is 6.92 Å². The summed E-state index contributed by atoms with van der Waals surface area (Å²) in [6.07, 6.45) is 1.61. The molecule has 0 aliphatic heterocycles. The van der Waals surface area contributed by atoms with Gasteiger partial charge in [0.1, 0.15) is 6.10 Å². The predicted molar refractivity (Wildman–Crippen MR) is 65.0 cm³/mol. The van der Waals surface area contributed by atoms with Gasteiger partial charge in [0.15, 0.2) is 0 Å². The maximum Gasteiger partial charge on any atom is 0.102 e. The second-order valence-corrected chi connectivity index (χ2v) is 3.89. The fourth-order valence-electron chi connectivity index (χ4n) is 1.41. The molecule has 0 spiro atoms. The number of hydrogen-bond donors (Lipinski definition) is 2. The standard InChI is InChI=1S/C13H21NO2/c1-2-3-8-16-10-13(15)12-6-4-11(9-14)5-7-12/h4-7,13,15H,2-3,8-10,14H2,1H3. The van der Waals surface area contributed by atoms with E-state index >= 15 is 0 Å². The molecule has 0 radical (unpaired) electrons. The van der Waals surface area contributed by atoms with Gasteiger partial charge in [-0.1, -0.05) is 37.6 Å². The van der Waals surface area contributed by atoms with E-state index in [0.29, 0.717) is 19.8 Å². The molecule has 3 N–H and O–H groups in total. The summed E-state index contributed by atoms with van der Waals surface area (Å²) in [6, 6.07) is 7.67. The van der Waals surface area contributed by atoms with Crippen molar-refractivity contribution in [2.75, 3.05) is 13.2 Å². The molecule has 0 amide bonds. The lowest BCUT2D eigenvalue weighted by Gasteiger charge is -2.11. The average molecular weight is 223 g/mol. The highest BCUT2D eigenvalue weighted by Crippen LogP contribution is 2.14. The van der Waals surface area contributed by atoms with Crippen molar-refractivity contribution in [3.63, 3.8) is 0 Å². The van der Waals surface area contributed by atoms with Gasteiger partial charge in [0, 0.05) is 13.2 Å². The number of rotatable bonds is 7. The van der Waals surface area contributed by atoms with E-state index in [4.69, 9.17) is 10.5 Å². The second-order valence-electron chi connectivity index (χ2n) is 3.89. The molecule has 0 saturated carbocycles. The zero-order valence-electron chi connectivity index (χ0n) is 9.86. The molecule has 0 saturated heterocycles. The zero-order valence-corrected chi connectivity index (χ0v) is 9.86. The third-order valence-corrected chi connectivity index (χ3v) is 2.52. The van der Waals surface area contributed by atoms with Crippen LogP contribution in [0.25, 0.3) is 0 Å². The summed E-state index contributed by atoms with van der Waals surface area (Å²) in [7, 11) is 0. The van der Waals surface area contributed by atoms with Gasteiger partial charge in [0.25, 0.3) is 0 Å². The first-order chi connectivity index (χ1) is 7.77. The van der Waals surface area contributed by atoms with Crippen LogP contribution in [0.15, 0.2) is 24.3 Å². The molecule has 1 atom stereocenters. The maximum absolute atomic E-state index is 9.83. The molecule has 0 aliphatic carbocycles. The number of hydrogen-bond acceptors (Lipinski definition) is 3. The highest BCUT2D eigenvalue weighted by molar-refractivity contribution is 5.23. The first-order valence-electron chi connectivity index (χ1n) is 5.82. The number of aliphatic hydroxyl groups is 1. The van der Waals surface area contributed by atoms with Gasteiger partial charge in [-0.15, -0.1) is 0 Å². The number of benzene rings is 1. The molecule has 1 aromatic rings. The summed E-state index contributed by atoms with van der Waals surface area (Å²) < 4.78 is 5.37. The molecular formula is C13H21NO2. The maximum atomic E-state index is 9.83. The SMILES string of the molecule is CCCCOCC(O)c1ccc(CN)cc1. The van der Waals surface area contributed by atoms with Crippen LogP contribution in [-0.4, -0.2) is 18.3 Å². The van der Waals surface area contributed by atoms with Crippen LogP contribution in [0.5, 0.6) is 0 Å². The largest absolute Gasteiger partial charge is 0.386 e.